The average Bonchev–Trinajstić information content (AvgIpc) is 2.42. The van der Waals surface area contributed by atoms with Crippen LogP contribution >= 0.6 is 0 Å². The van der Waals surface area contributed by atoms with Crippen LogP contribution in [0.2, 0.25) is 0 Å². The van der Waals surface area contributed by atoms with Gasteiger partial charge in [0.25, 0.3) is 0 Å². The Morgan fingerprint density at radius 3 is 2.70 bits per heavy atom. The Bertz CT molecular complexity index is 525. The molecule has 0 aliphatic heterocycles. The molecule has 0 aliphatic rings. The Kier molecular flexibility index (Phi) is 7.31. The molecule has 0 fully saturated rings. The van der Waals surface area contributed by atoms with E-state index >= 15 is 0 Å². The van der Waals surface area contributed by atoms with E-state index in [1.54, 1.807) is 39.8 Å². The second kappa shape index (κ2) is 8.97. The molecule has 1 rings (SSSR count). The molecule has 7 heteroatoms. The van der Waals surface area contributed by atoms with E-state index in [9.17, 15) is 9.59 Å². The van der Waals surface area contributed by atoms with Crippen LogP contribution in [0.5, 0.6) is 5.75 Å². The number of hydrogen-bond acceptors (Lipinski definition) is 6. The fourth-order valence-corrected chi connectivity index (χ4v) is 1.62. The lowest BCUT2D eigenvalue weighted by atomic mass is 10.2. The molecule has 1 amide bonds. The standard InChI is InChI=1S/C16H24N2O5/c1-5-21-14(19)7-6-10-22-12-8-9-17-13(11-12)18-15(20)23-16(2,3)4/h8-9,11H,5-7,10H2,1-4H3,(H,17,18,20). The molecule has 0 unspecified atom stereocenters. The van der Waals surface area contributed by atoms with Crippen molar-refractivity contribution in [2.45, 2.75) is 46.1 Å². The van der Waals surface area contributed by atoms with Crippen LogP contribution in [0.4, 0.5) is 10.6 Å². The summed E-state index contributed by atoms with van der Waals surface area (Å²) >= 11 is 0. The number of anilines is 1. The van der Waals surface area contributed by atoms with Crippen LogP contribution in [0.25, 0.3) is 0 Å². The molecule has 0 bridgehead atoms. The van der Waals surface area contributed by atoms with Gasteiger partial charge in [0, 0.05) is 18.7 Å². The molecule has 23 heavy (non-hydrogen) atoms. The summed E-state index contributed by atoms with van der Waals surface area (Å²) in [4.78, 5) is 26.9. The van der Waals surface area contributed by atoms with Gasteiger partial charge in [-0.3, -0.25) is 10.1 Å². The third kappa shape index (κ3) is 8.65. The summed E-state index contributed by atoms with van der Waals surface area (Å²) < 4.78 is 15.5. The largest absolute Gasteiger partial charge is 0.493 e. The molecule has 7 nitrogen and oxygen atoms in total. The number of hydrogen-bond donors (Lipinski definition) is 1. The zero-order chi connectivity index (χ0) is 17.3. The molecule has 1 heterocycles. The second-order valence-electron chi connectivity index (χ2n) is 5.76. The van der Waals surface area contributed by atoms with Gasteiger partial charge >= 0.3 is 12.1 Å². The van der Waals surface area contributed by atoms with Gasteiger partial charge in [0.2, 0.25) is 0 Å². The van der Waals surface area contributed by atoms with E-state index in [4.69, 9.17) is 14.2 Å². The van der Waals surface area contributed by atoms with E-state index in [0.29, 0.717) is 37.6 Å². The van der Waals surface area contributed by atoms with Gasteiger partial charge < -0.3 is 14.2 Å². The normalized spacial score (nSPS) is 10.8. The summed E-state index contributed by atoms with van der Waals surface area (Å²) in [7, 11) is 0. The van der Waals surface area contributed by atoms with Crippen molar-refractivity contribution >= 4 is 17.9 Å². The van der Waals surface area contributed by atoms with Crippen molar-refractivity contribution in [3.05, 3.63) is 18.3 Å². The fraction of sp³-hybridized carbons (Fsp3) is 0.562. The van der Waals surface area contributed by atoms with Gasteiger partial charge in [0.05, 0.1) is 13.2 Å². The summed E-state index contributed by atoms with van der Waals surface area (Å²) in [5, 5.41) is 2.54. The van der Waals surface area contributed by atoms with E-state index in [2.05, 4.69) is 10.3 Å². The fourth-order valence-electron chi connectivity index (χ4n) is 1.62. The minimum atomic E-state index is -0.579. The smallest absolute Gasteiger partial charge is 0.413 e. The van der Waals surface area contributed by atoms with Crippen molar-refractivity contribution in [1.29, 1.82) is 0 Å². The van der Waals surface area contributed by atoms with Crippen LogP contribution in [-0.2, 0) is 14.3 Å². The van der Waals surface area contributed by atoms with Crippen LogP contribution < -0.4 is 10.1 Å². The van der Waals surface area contributed by atoms with Crippen molar-refractivity contribution < 1.29 is 23.8 Å². The molecule has 0 spiro atoms. The third-order valence-electron chi connectivity index (χ3n) is 2.46. The first-order valence-electron chi connectivity index (χ1n) is 7.54. The maximum Gasteiger partial charge on any atom is 0.413 e. The Morgan fingerprint density at radius 2 is 2.04 bits per heavy atom. The number of amides is 1. The summed E-state index contributed by atoms with van der Waals surface area (Å²) in [5.41, 5.74) is -0.578. The summed E-state index contributed by atoms with van der Waals surface area (Å²) in [6, 6.07) is 3.26. The highest BCUT2D eigenvalue weighted by atomic mass is 16.6. The average molecular weight is 324 g/mol. The number of esters is 1. The first kappa shape index (κ1) is 18.7. The number of nitrogens with one attached hydrogen (secondary N) is 1. The molecular weight excluding hydrogens is 300 g/mol. The number of aromatic nitrogens is 1. The topological polar surface area (TPSA) is 86.8 Å². The highest BCUT2D eigenvalue weighted by Gasteiger charge is 2.16. The van der Waals surface area contributed by atoms with Crippen molar-refractivity contribution in [2.24, 2.45) is 0 Å². The van der Waals surface area contributed by atoms with Gasteiger partial charge in [-0.15, -0.1) is 0 Å². The lowest BCUT2D eigenvalue weighted by Gasteiger charge is -2.19. The molecular formula is C16H24N2O5. The van der Waals surface area contributed by atoms with E-state index in [1.807, 2.05) is 0 Å². The monoisotopic (exact) mass is 324 g/mol. The summed E-state index contributed by atoms with van der Waals surface area (Å²) in [6.07, 6.45) is 1.80. The maximum absolute atomic E-state index is 11.7. The minimum absolute atomic E-state index is 0.238. The number of carbonyl (C=O) groups is 2. The zero-order valence-corrected chi connectivity index (χ0v) is 14.0. The highest BCUT2D eigenvalue weighted by Crippen LogP contribution is 2.16. The van der Waals surface area contributed by atoms with E-state index in [-0.39, 0.29) is 5.97 Å². The first-order chi connectivity index (χ1) is 10.8. The van der Waals surface area contributed by atoms with E-state index < -0.39 is 11.7 Å². The summed E-state index contributed by atoms with van der Waals surface area (Å²) in [6.45, 7) is 7.86. The molecule has 0 aromatic carbocycles. The Balaban J connectivity index is 2.41. The molecule has 0 atom stereocenters. The Morgan fingerprint density at radius 1 is 1.30 bits per heavy atom. The number of rotatable bonds is 7. The van der Waals surface area contributed by atoms with Crippen molar-refractivity contribution in [3.8, 4) is 5.75 Å². The van der Waals surface area contributed by atoms with Crippen LogP contribution in [0.1, 0.15) is 40.5 Å². The Hall–Kier alpha value is -2.31. The first-order valence-corrected chi connectivity index (χ1v) is 7.54. The van der Waals surface area contributed by atoms with Crippen molar-refractivity contribution in [2.75, 3.05) is 18.5 Å². The van der Waals surface area contributed by atoms with E-state index in [1.165, 1.54) is 6.20 Å². The Labute approximate surface area is 136 Å². The van der Waals surface area contributed by atoms with Crippen LogP contribution in [0.15, 0.2) is 18.3 Å². The molecule has 0 aliphatic carbocycles. The molecule has 0 radical (unpaired) electrons. The highest BCUT2D eigenvalue weighted by molar-refractivity contribution is 5.83. The van der Waals surface area contributed by atoms with Gasteiger partial charge in [-0.05, 0) is 40.2 Å². The lowest BCUT2D eigenvalue weighted by Crippen LogP contribution is -2.27. The second-order valence-corrected chi connectivity index (χ2v) is 5.76. The van der Waals surface area contributed by atoms with Gasteiger partial charge in [0.15, 0.2) is 0 Å². The number of ether oxygens (including phenoxy) is 3. The van der Waals surface area contributed by atoms with Crippen molar-refractivity contribution in [3.63, 3.8) is 0 Å². The molecule has 128 valence electrons. The number of carbonyl (C=O) groups excluding carboxylic acids is 2. The van der Waals surface area contributed by atoms with Crippen LogP contribution in [0.3, 0.4) is 0 Å². The molecule has 0 saturated heterocycles. The number of nitrogens with zero attached hydrogens (tertiary/aromatic N) is 1. The molecule has 0 saturated carbocycles. The zero-order valence-electron chi connectivity index (χ0n) is 14.0. The quantitative estimate of drug-likeness (QED) is 0.612. The molecule has 1 N–H and O–H groups in total. The maximum atomic E-state index is 11.7. The SMILES string of the molecule is CCOC(=O)CCCOc1ccnc(NC(=O)OC(C)(C)C)c1. The van der Waals surface area contributed by atoms with Gasteiger partial charge in [-0.2, -0.15) is 0 Å². The van der Waals surface area contributed by atoms with Gasteiger partial charge in [-0.25, -0.2) is 9.78 Å². The predicted octanol–water partition coefficient (Wildman–Crippen LogP) is 3.15. The van der Waals surface area contributed by atoms with Gasteiger partial charge in [0.1, 0.15) is 17.2 Å². The minimum Gasteiger partial charge on any atom is -0.493 e. The predicted molar refractivity (Wildman–Crippen MR) is 85.5 cm³/mol. The summed E-state index contributed by atoms with van der Waals surface area (Å²) in [5.74, 6) is 0.648. The van der Waals surface area contributed by atoms with Gasteiger partial charge in [-0.1, -0.05) is 0 Å². The van der Waals surface area contributed by atoms with E-state index in [0.717, 1.165) is 0 Å². The van der Waals surface area contributed by atoms with Crippen LogP contribution in [-0.4, -0.2) is 35.9 Å². The molecule has 1 aromatic heterocycles. The van der Waals surface area contributed by atoms with Crippen LogP contribution in [0, 0.1) is 0 Å². The third-order valence-corrected chi connectivity index (χ3v) is 2.46. The number of pyridine rings is 1. The molecule has 1 aromatic rings. The lowest BCUT2D eigenvalue weighted by molar-refractivity contribution is -0.143. The van der Waals surface area contributed by atoms with Crippen molar-refractivity contribution in [1.82, 2.24) is 4.98 Å².